The van der Waals surface area contributed by atoms with Gasteiger partial charge in [0, 0.05) is 56.3 Å². The Balaban J connectivity index is 1.33. The number of carbonyl (C=O) groups excluding carboxylic acids is 2. The maximum atomic E-state index is 12.9. The molecule has 11 heteroatoms. The highest BCUT2D eigenvalue weighted by Gasteiger charge is 2.28. The quantitative estimate of drug-likeness (QED) is 0.232. The lowest BCUT2D eigenvalue weighted by Gasteiger charge is -2.42. The number of benzene rings is 1. The number of nitrogens with zero attached hydrogens (tertiary/aromatic N) is 5. The maximum absolute atomic E-state index is 12.9. The number of piperidine rings is 1. The summed E-state index contributed by atoms with van der Waals surface area (Å²) in [7, 11) is 1.68. The smallest absolute Gasteiger partial charge is 0.312 e. The molecule has 11 nitrogen and oxygen atoms in total. The normalized spacial score (nSPS) is 14.7. The molecule has 1 aliphatic heterocycles. The molecule has 1 aromatic carbocycles. The lowest BCUT2D eigenvalue weighted by molar-refractivity contribution is 0.0693. The summed E-state index contributed by atoms with van der Waals surface area (Å²) in [5.41, 5.74) is 6.27. The number of pyridine rings is 1. The van der Waals surface area contributed by atoms with Gasteiger partial charge < -0.3 is 19.9 Å². The van der Waals surface area contributed by atoms with Gasteiger partial charge in [-0.25, -0.2) is 15.4 Å². The van der Waals surface area contributed by atoms with E-state index in [-0.39, 0.29) is 11.7 Å². The van der Waals surface area contributed by atoms with Gasteiger partial charge >= 0.3 is 5.91 Å². The summed E-state index contributed by atoms with van der Waals surface area (Å²) >= 11 is 0. The molecule has 2 amide bonds. The number of anilines is 1. The first-order valence-corrected chi connectivity index (χ1v) is 14.3. The Hall–Kier alpha value is -4.09. The van der Waals surface area contributed by atoms with E-state index in [0.29, 0.717) is 35.6 Å². The predicted octanol–water partition coefficient (Wildman–Crippen LogP) is 3.60. The molecule has 0 unspecified atom stereocenters. The number of amides is 2. The van der Waals surface area contributed by atoms with Gasteiger partial charge in [0.1, 0.15) is 5.75 Å². The van der Waals surface area contributed by atoms with Crippen LogP contribution in [0.2, 0.25) is 0 Å². The molecule has 3 heterocycles. The first kappa shape index (κ1) is 30.9. The fourth-order valence-corrected chi connectivity index (χ4v) is 5.55. The Bertz CT molecular complexity index is 1350. The minimum atomic E-state index is -0.815. The van der Waals surface area contributed by atoms with Crippen LogP contribution in [0.15, 0.2) is 42.7 Å². The SMILES string of the molecule is COc1ccc(N(Cc2cnccc2C)C2CCN([C@H](C)CCNC(=O)c3c(C)nc(C(=O)NO)nc3C)CC2)cc1. The van der Waals surface area contributed by atoms with Crippen LogP contribution in [0.1, 0.15) is 69.7 Å². The topological polar surface area (TPSA) is 133 Å². The first-order valence-electron chi connectivity index (χ1n) is 14.3. The molecule has 0 aliphatic carbocycles. The minimum Gasteiger partial charge on any atom is -0.497 e. The molecule has 0 spiro atoms. The molecule has 0 radical (unpaired) electrons. The highest BCUT2D eigenvalue weighted by atomic mass is 16.5. The van der Waals surface area contributed by atoms with Gasteiger partial charge in [-0.3, -0.25) is 19.8 Å². The highest BCUT2D eigenvalue weighted by molar-refractivity contribution is 5.97. The van der Waals surface area contributed by atoms with E-state index in [1.54, 1.807) is 21.0 Å². The molecule has 224 valence electrons. The second-order valence-electron chi connectivity index (χ2n) is 10.8. The average Bonchev–Trinajstić information content (AvgIpc) is 3.00. The minimum absolute atomic E-state index is 0.179. The van der Waals surface area contributed by atoms with E-state index in [2.05, 4.69) is 62.1 Å². The van der Waals surface area contributed by atoms with Crippen LogP contribution in [0, 0.1) is 20.8 Å². The highest BCUT2D eigenvalue weighted by Crippen LogP contribution is 2.29. The van der Waals surface area contributed by atoms with Crippen LogP contribution in [0.4, 0.5) is 5.69 Å². The van der Waals surface area contributed by atoms with Gasteiger partial charge in [-0.1, -0.05) is 0 Å². The van der Waals surface area contributed by atoms with Crippen molar-refractivity contribution in [2.45, 2.75) is 65.6 Å². The molecule has 0 saturated carbocycles. The van der Waals surface area contributed by atoms with Gasteiger partial charge in [-0.05, 0) is 88.4 Å². The zero-order valence-electron chi connectivity index (χ0n) is 25.1. The Morgan fingerprint density at radius 3 is 2.33 bits per heavy atom. The second kappa shape index (κ2) is 14.2. The second-order valence-corrected chi connectivity index (χ2v) is 10.8. The van der Waals surface area contributed by atoms with Crippen molar-refractivity contribution in [1.82, 2.24) is 30.6 Å². The van der Waals surface area contributed by atoms with E-state index < -0.39 is 5.91 Å². The van der Waals surface area contributed by atoms with E-state index in [0.717, 1.165) is 44.6 Å². The van der Waals surface area contributed by atoms with Crippen LogP contribution >= 0.6 is 0 Å². The van der Waals surface area contributed by atoms with Crippen molar-refractivity contribution in [3.63, 3.8) is 0 Å². The summed E-state index contributed by atoms with van der Waals surface area (Å²) in [4.78, 5) is 42.0. The molecule has 1 aliphatic rings. The Kier molecular flexibility index (Phi) is 10.4. The molecule has 3 aromatic rings. The Labute approximate surface area is 247 Å². The third-order valence-electron chi connectivity index (χ3n) is 8.11. The van der Waals surface area contributed by atoms with Crippen LogP contribution in [0.5, 0.6) is 5.75 Å². The monoisotopic (exact) mass is 575 g/mol. The first-order chi connectivity index (χ1) is 20.2. The third kappa shape index (κ3) is 7.40. The van der Waals surface area contributed by atoms with Crippen LogP contribution in [-0.4, -0.2) is 75.7 Å². The van der Waals surface area contributed by atoms with Gasteiger partial charge in [0.2, 0.25) is 5.82 Å². The summed E-state index contributed by atoms with van der Waals surface area (Å²) in [6.45, 7) is 10.9. The summed E-state index contributed by atoms with van der Waals surface area (Å²) in [5.74, 6) is -0.420. The van der Waals surface area contributed by atoms with Crippen LogP contribution in [0.3, 0.4) is 0 Å². The predicted molar refractivity (Wildman–Crippen MR) is 160 cm³/mol. The number of likely N-dealkylation sites (tertiary alicyclic amines) is 1. The molecule has 2 aromatic heterocycles. The van der Waals surface area contributed by atoms with Crippen molar-refractivity contribution in [3.8, 4) is 5.75 Å². The Morgan fingerprint density at radius 2 is 1.74 bits per heavy atom. The van der Waals surface area contributed by atoms with Crippen molar-refractivity contribution in [2.75, 3.05) is 31.6 Å². The number of hydrogen-bond acceptors (Lipinski definition) is 9. The summed E-state index contributed by atoms with van der Waals surface area (Å²) in [6.07, 6.45) is 6.67. The molecule has 1 saturated heterocycles. The molecule has 1 atom stereocenters. The van der Waals surface area contributed by atoms with Crippen LogP contribution < -0.4 is 20.4 Å². The largest absolute Gasteiger partial charge is 0.497 e. The number of hydrogen-bond donors (Lipinski definition) is 3. The molecule has 3 N–H and O–H groups in total. The van der Waals surface area contributed by atoms with Gasteiger partial charge in [-0.15, -0.1) is 0 Å². The Morgan fingerprint density at radius 1 is 1.07 bits per heavy atom. The molecule has 4 rings (SSSR count). The van der Waals surface area contributed by atoms with E-state index in [1.165, 1.54) is 22.3 Å². The van der Waals surface area contributed by atoms with Crippen molar-refractivity contribution in [2.24, 2.45) is 0 Å². The average molecular weight is 576 g/mol. The molecular formula is C31H41N7O4. The van der Waals surface area contributed by atoms with E-state index in [1.807, 2.05) is 24.5 Å². The summed E-state index contributed by atoms with van der Waals surface area (Å²) in [5, 5.41) is 11.8. The maximum Gasteiger partial charge on any atom is 0.312 e. The number of ether oxygens (including phenoxy) is 1. The number of nitrogens with one attached hydrogen (secondary N) is 2. The lowest BCUT2D eigenvalue weighted by atomic mass is 9.99. The number of rotatable bonds is 11. The van der Waals surface area contributed by atoms with Gasteiger partial charge in [0.05, 0.1) is 24.1 Å². The van der Waals surface area contributed by atoms with Crippen molar-refractivity contribution < 1.29 is 19.5 Å². The van der Waals surface area contributed by atoms with Crippen molar-refractivity contribution in [1.29, 1.82) is 0 Å². The molecular weight excluding hydrogens is 534 g/mol. The van der Waals surface area contributed by atoms with Gasteiger partial charge in [0.25, 0.3) is 5.91 Å². The van der Waals surface area contributed by atoms with E-state index >= 15 is 0 Å². The summed E-state index contributed by atoms with van der Waals surface area (Å²) in [6, 6.07) is 11.0. The number of aromatic nitrogens is 3. The van der Waals surface area contributed by atoms with Gasteiger partial charge in [0.15, 0.2) is 0 Å². The number of methoxy groups -OCH3 is 1. The van der Waals surface area contributed by atoms with E-state index in [9.17, 15) is 9.59 Å². The zero-order chi connectivity index (χ0) is 30.2. The summed E-state index contributed by atoms with van der Waals surface area (Å²) < 4.78 is 5.38. The number of hydroxylamine groups is 1. The van der Waals surface area contributed by atoms with Crippen molar-refractivity contribution >= 4 is 17.5 Å². The van der Waals surface area contributed by atoms with E-state index in [4.69, 9.17) is 9.94 Å². The number of carbonyl (C=O) groups is 2. The third-order valence-corrected chi connectivity index (χ3v) is 8.11. The van der Waals surface area contributed by atoms with Gasteiger partial charge in [-0.2, -0.15) is 0 Å². The fraction of sp³-hybridized carbons (Fsp3) is 0.452. The number of aryl methyl sites for hydroxylation is 3. The van der Waals surface area contributed by atoms with Crippen molar-refractivity contribution in [3.05, 3.63) is 76.6 Å². The molecule has 1 fully saturated rings. The van der Waals surface area contributed by atoms with Crippen LogP contribution in [0.25, 0.3) is 0 Å². The zero-order valence-corrected chi connectivity index (χ0v) is 25.1. The van der Waals surface area contributed by atoms with Crippen LogP contribution in [-0.2, 0) is 6.54 Å². The fourth-order valence-electron chi connectivity index (χ4n) is 5.55. The lowest BCUT2D eigenvalue weighted by Crippen LogP contribution is -2.48. The molecule has 0 bridgehead atoms. The molecule has 42 heavy (non-hydrogen) atoms. The standard InChI is InChI=1S/C31H41N7O4/c1-20-10-14-32-18-24(20)19-38(25-6-8-27(42-5)9-7-25)26-12-16-37(17-13-26)21(2)11-15-33-30(39)28-22(3)34-29(31(40)36-41)35-23(28)4/h6-10,14,18,21,26,41H,11-13,15-17,19H2,1-5H3,(H,33,39)(H,36,40)/t21-/m1/s1.